The Hall–Kier alpha value is -1.44. The first-order valence-electron chi connectivity index (χ1n) is 8.98. The Labute approximate surface area is 153 Å². The van der Waals surface area contributed by atoms with E-state index in [0.29, 0.717) is 42.8 Å². The Balaban J connectivity index is 1.62. The minimum atomic E-state index is -0.0670. The van der Waals surface area contributed by atoms with Crippen LogP contribution in [0.1, 0.15) is 36.4 Å². The van der Waals surface area contributed by atoms with Crippen molar-refractivity contribution in [3.8, 4) is 0 Å². The average Bonchev–Trinajstić information content (AvgIpc) is 3.14. The van der Waals surface area contributed by atoms with Crippen LogP contribution in [0.5, 0.6) is 0 Å². The van der Waals surface area contributed by atoms with Crippen molar-refractivity contribution >= 4 is 23.2 Å². The summed E-state index contributed by atoms with van der Waals surface area (Å²) in [5.74, 6) is 0.454. The van der Waals surface area contributed by atoms with Crippen LogP contribution in [0.15, 0.2) is 17.5 Å². The first kappa shape index (κ1) is 19.9. The predicted octanol–water partition coefficient (Wildman–Crippen LogP) is 1.73. The van der Waals surface area contributed by atoms with Crippen molar-refractivity contribution in [2.24, 2.45) is 5.92 Å². The van der Waals surface area contributed by atoms with Crippen molar-refractivity contribution in [2.75, 3.05) is 39.4 Å². The van der Waals surface area contributed by atoms with Crippen molar-refractivity contribution in [1.82, 2.24) is 15.5 Å². The molecule has 1 aliphatic rings. The number of nitrogens with zero attached hydrogens (tertiary/aromatic N) is 1. The summed E-state index contributed by atoms with van der Waals surface area (Å²) in [6, 6.07) is 3.99. The third-order valence-electron chi connectivity index (χ3n) is 4.40. The minimum absolute atomic E-state index is 0.0456. The van der Waals surface area contributed by atoms with Gasteiger partial charge in [0.1, 0.15) is 0 Å². The SMILES string of the molecule is CC(C)C(CNC(=O)CCCNC(=O)c1cccs1)N1CCOCC1. The highest BCUT2D eigenvalue weighted by atomic mass is 32.1. The Bertz CT molecular complexity index is 528. The minimum Gasteiger partial charge on any atom is -0.379 e. The highest BCUT2D eigenvalue weighted by Crippen LogP contribution is 2.12. The zero-order chi connectivity index (χ0) is 18.1. The van der Waals surface area contributed by atoms with E-state index in [-0.39, 0.29) is 11.8 Å². The van der Waals surface area contributed by atoms with Crippen molar-refractivity contribution in [1.29, 1.82) is 0 Å². The van der Waals surface area contributed by atoms with Crippen molar-refractivity contribution in [3.05, 3.63) is 22.4 Å². The molecule has 0 aromatic carbocycles. The monoisotopic (exact) mass is 367 g/mol. The molecule has 0 radical (unpaired) electrons. The molecule has 140 valence electrons. The van der Waals surface area contributed by atoms with Gasteiger partial charge in [0.15, 0.2) is 0 Å². The molecule has 1 atom stereocenters. The number of carbonyl (C=O) groups excluding carboxylic acids is 2. The lowest BCUT2D eigenvalue weighted by molar-refractivity contribution is -0.121. The number of rotatable bonds is 9. The fraction of sp³-hybridized carbons (Fsp3) is 0.667. The maximum Gasteiger partial charge on any atom is 0.261 e. The molecule has 1 aliphatic heterocycles. The first-order chi connectivity index (χ1) is 12.1. The van der Waals surface area contributed by atoms with Gasteiger partial charge in [-0.25, -0.2) is 0 Å². The number of hydrogen-bond donors (Lipinski definition) is 2. The van der Waals surface area contributed by atoms with Crippen LogP contribution in [-0.4, -0.2) is 62.1 Å². The molecule has 2 rings (SSSR count). The van der Waals surface area contributed by atoms with Crippen LogP contribution in [0.2, 0.25) is 0 Å². The highest BCUT2D eigenvalue weighted by molar-refractivity contribution is 7.12. The van der Waals surface area contributed by atoms with Crippen LogP contribution >= 0.6 is 11.3 Å². The third kappa shape index (κ3) is 6.76. The Morgan fingerprint density at radius 1 is 1.28 bits per heavy atom. The molecule has 25 heavy (non-hydrogen) atoms. The quantitative estimate of drug-likeness (QED) is 0.652. The van der Waals surface area contributed by atoms with Crippen molar-refractivity contribution < 1.29 is 14.3 Å². The zero-order valence-corrected chi connectivity index (χ0v) is 15.9. The summed E-state index contributed by atoms with van der Waals surface area (Å²) in [6.07, 6.45) is 1.07. The maximum atomic E-state index is 12.1. The molecule has 6 nitrogen and oxygen atoms in total. The summed E-state index contributed by atoms with van der Waals surface area (Å²) in [7, 11) is 0. The van der Waals surface area contributed by atoms with Crippen LogP contribution in [-0.2, 0) is 9.53 Å². The molecule has 1 unspecified atom stereocenters. The molecule has 0 bridgehead atoms. The molecule has 7 heteroatoms. The number of amides is 2. The molecule has 1 aromatic rings. The largest absolute Gasteiger partial charge is 0.379 e. The Morgan fingerprint density at radius 2 is 2.04 bits per heavy atom. The fourth-order valence-corrected chi connectivity index (χ4v) is 3.59. The van der Waals surface area contributed by atoms with E-state index >= 15 is 0 Å². The van der Waals surface area contributed by atoms with Crippen molar-refractivity contribution in [3.63, 3.8) is 0 Å². The molecule has 1 fully saturated rings. The molecule has 2 amide bonds. The van der Waals surface area contributed by atoms with Gasteiger partial charge in [-0.2, -0.15) is 0 Å². The van der Waals surface area contributed by atoms with Gasteiger partial charge < -0.3 is 15.4 Å². The summed E-state index contributed by atoms with van der Waals surface area (Å²) >= 11 is 1.42. The highest BCUT2D eigenvalue weighted by Gasteiger charge is 2.24. The van der Waals surface area contributed by atoms with Crippen molar-refractivity contribution in [2.45, 2.75) is 32.7 Å². The van der Waals surface area contributed by atoms with Crippen LogP contribution < -0.4 is 10.6 Å². The average molecular weight is 368 g/mol. The van der Waals surface area contributed by atoms with Gasteiger partial charge in [-0.05, 0) is 23.8 Å². The smallest absolute Gasteiger partial charge is 0.261 e. The molecular weight excluding hydrogens is 338 g/mol. The summed E-state index contributed by atoms with van der Waals surface area (Å²) in [5, 5.41) is 7.77. The Morgan fingerprint density at radius 3 is 2.68 bits per heavy atom. The normalized spacial score (nSPS) is 16.6. The molecule has 2 heterocycles. The van der Waals surface area contributed by atoms with E-state index in [9.17, 15) is 9.59 Å². The van der Waals surface area contributed by atoms with E-state index < -0.39 is 0 Å². The first-order valence-corrected chi connectivity index (χ1v) is 9.86. The second-order valence-electron chi connectivity index (χ2n) is 6.60. The van der Waals surface area contributed by atoms with Gasteiger partial charge in [-0.1, -0.05) is 19.9 Å². The van der Waals surface area contributed by atoms with Crippen LogP contribution in [0.25, 0.3) is 0 Å². The van der Waals surface area contributed by atoms with Crippen LogP contribution in [0, 0.1) is 5.92 Å². The summed E-state index contributed by atoms with van der Waals surface area (Å²) in [4.78, 5) is 27.0. The van der Waals surface area contributed by atoms with Crippen LogP contribution in [0.4, 0.5) is 0 Å². The van der Waals surface area contributed by atoms with E-state index in [4.69, 9.17) is 4.74 Å². The van der Waals surface area contributed by atoms with Gasteiger partial charge in [0.05, 0.1) is 18.1 Å². The number of hydrogen-bond acceptors (Lipinski definition) is 5. The molecular formula is C18H29N3O3S. The van der Waals surface area contributed by atoms with Gasteiger partial charge in [-0.15, -0.1) is 11.3 Å². The molecule has 1 aromatic heterocycles. The predicted molar refractivity (Wildman–Crippen MR) is 99.9 cm³/mol. The molecule has 1 saturated heterocycles. The van der Waals surface area contributed by atoms with E-state index in [0.717, 1.165) is 26.3 Å². The van der Waals surface area contributed by atoms with E-state index in [1.165, 1.54) is 11.3 Å². The zero-order valence-electron chi connectivity index (χ0n) is 15.1. The number of ether oxygens (including phenoxy) is 1. The number of nitrogens with one attached hydrogen (secondary N) is 2. The van der Waals surface area contributed by atoms with Gasteiger partial charge >= 0.3 is 0 Å². The topological polar surface area (TPSA) is 70.7 Å². The molecule has 2 N–H and O–H groups in total. The summed E-state index contributed by atoms with van der Waals surface area (Å²) < 4.78 is 5.40. The molecule has 0 aliphatic carbocycles. The van der Waals surface area contributed by atoms with E-state index in [1.54, 1.807) is 6.07 Å². The molecule has 0 spiro atoms. The molecule has 0 saturated carbocycles. The van der Waals surface area contributed by atoms with E-state index in [1.807, 2.05) is 11.4 Å². The maximum absolute atomic E-state index is 12.1. The third-order valence-corrected chi connectivity index (χ3v) is 5.27. The standard InChI is InChI=1S/C18H29N3O3S/c1-14(2)15(21-8-10-24-11-9-21)13-20-17(22)6-3-7-19-18(23)16-5-4-12-25-16/h4-5,12,14-15H,3,6-11,13H2,1-2H3,(H,19,23)(H,20,22). The second-order valence-corrected chi connectivity index (χ2v) is 7.55. The van der Waals surface area contributed by atoms with Gasteiger partial charge in [0.25, 0.3) is 5.91 Å². The lowest BCUT2D eigenvalue weighted by Crippen LogP contribution is -2.51. The number of morpholine rings is 1. The fourth-order valence-electron chi connectivity index (χ4n) is 2.95. The van der Waals surface area contributed by atoms with E-state index in [2.05, 4.69) is 29.4 Å². The Kier molecular flexibility index (Phi) is 8.37. The number of carbonyl (C=O) groups is 2. The van der Waals surface area contributed by atoms with Gasteiger partial charge in [-0.3, -0.25) is 14.5 Å². The van der Waals surface area contributed by atoms with Gasteiger partial charge in [0.2, 0.25) is 5.91 Å². The lowest BCUT2D eigenvalue weighted by Gasteiger charge is -2.36. The van der Waals surface area contributed by atoms with Crippen LogP contribution in [0.3, 0.4) is 0 Å². The number of thiophene rings is 1. The summed E-state index contributed by atoms with van der Waals surface area (Å²) in [5.41, 5.74) is 0. The summed E-state index contributed by atoms with van der Waals surface area (Å²) in [6.45, 7) is 8.93. The van der Waals surface area contributed by atoms with Gasteiger partial charge in [0, 0.05) is 38.6 Å². The lowest BCUT2D eigenvalue weighted by atomic mass is 10.0. The second kappa shape index (κ2) is 10.5.